The molecule has 2 aromatic heterocycles. The van der Waals surface area contributed by atoms with Gasteiger partial charge >= 0.3 is 0 Å². The molecule has 6 heteroatoms. The second-order valence-electron chi connectivity index (χ2n) is 6.20. The first-order chi connectivity index (χ1) is 10.5. The number of benzene rings is 1. The van der Waals surface area contributed by atoms with Crippen molar-refractivity contribution in [3.8, 4) is 11.3 Å². The fourth-order valence-electron chi connectivity index (χ4n) is 2.41. The van der Waals surface area contributed by atoms with E-state index in [4.69, 9.17) is 16.6 Å². The monoisotopic (exact) mass is 296 g/mol. The molecule has 0 radical (unpaired) electrons. The van der Waals surface area contributed by atoms with Crippen LogP contribution in [0.25, 0.3) is 22.3 Å². The van der Waals surface area contributed by atoms with Gasteiger partial charge in [-0.3, -0.25) is 0 Å². The number of nitrogens with two attached hydrogens (primary N) is 2. The zero-order chi connectivity index (χ0) is 15.7. The summed E-state index contributed by atoms with van der Waals surface area (Å²) in [5.41, 5.74) is 14.4. The first-order valence-electron chi connectivity index (χ1n) is 7.24. The maximum atomic E-state index is 6.07. The first-order valence-corrected chi connectivity index (χ1v) is 7.24. The Bertz CT molecular complexity index is 791. The van der Waals surface area contributed by atoms with Crippen LogP contribution in [-0.4, -0.2) is 26.3 Å². The van der Waals surface area contributed by atoms with E-state index < -0.39 is 0 Å². The van der Waals surface area contributed by atoms with Crippen LogP contribution >= 0.6 is 0 Å². The Morgan fingerprint density at radius 2 is 1.86 bits per heavy atom. The van der Waals surface area contributed by atoms with Crippen LogP contribution in [0, 0.1) is 5.41 Å². The second-order valence-corrected chi connectivity index (χ2v) is 6.20. The van der Waals surface area contributed by atoms with Gasteiger partial charge in [-0.1, -0.05) is 44.2 Å². The highest BCUT2D eigenvalue weighted by molar-refractivity contribution is 5.98. The van der Waals surface area contributed by atoms with E-state index >= 15 is 0 Å². The number of nitrogen functional groups attached to an aromatic ring is 1. The molecular formula is C16H20N6. The van der Waals surface area contributed by atoms with Crippen molar-refractivity contribution in [2.24, 2.45) is 11.1 Å². The molecule has 0 fully saturated rings. The Morgan fingerprint density at radius 3 is 2.55 bits per heavy atom. The molecule has 2 heterocycles. The van der Waals surface area contributed by atoms with Crippen molar-refractivity contribution in [1.29, 1.82) is 0 Å². The number of anilines is 1. The Balaban J connectivity index is 2.22. The average molecular weight is 296 g/mol. The smallest absolute Gasteiger partial charge is 0.163 e. The summed E-state index contributed by atoms with van der Waals surface area (Å²) < 4.78 is 1.88. The predicted molar refractivity (Wildman–Crippen MR) is 88.0 cm³/mol. The summed E-state index contributed by atoms with van der Waals surface area (Å²) in [6.07, 6.45) is 1.47. The van der Waals surface area contributed by atoms with E-state index in [9.17, 15) is 0 Å². The lowest BCUT2D eigenvalue weighted by molar-refractivity contribution is 0.306. The van der Waals surface area contributed by atoms with Gasteiger partial charge in [0.05, 0.1) is 5.39 Å². The van der Waals surface area contributed by atoms with Crippen molar-refractivity contribution >= 4 is 16.9 Å². The lowest BCUT2D eigenvalue weighted by Gasteiger charge is -2.22. The van der Waals surface area contributed by atoms with Crippen LogP contribution in [0.4, 0.5) is 5.82 Å². The molecule has 0 atom stereocenters. The molecule has 0 amide bonds. The van der Waals surface area contributed by atoms with Gasteiger partial charge in [-0.15, -0.1) is 0 Å². The van der Waals surface area contributed by atoms with Gasteiger partial charge in [-0.05, 0) is 12.0 Å². The molecule has 0 aliphatic rings. The van der Waals surface area contributed by atoms with E-state index in [0.29, 0.717) is 18.9 Å². The minimum Gasteiger partial charge on any atom is -0.383 e. The summed E-state index contributed by atoms with van der Waals surface area (Å²) in [6, 6.07) is 9.94. The molecule has 0 unspecified atom stereocenters. The summed E-state index contributed by atoms with van der Waals surface area (Å²) in [7, 11) is 0. The standard InChI is InChI=1S/C16H20N6/c1-16(2,8-17)9-22-15-12(14(18)19-10-20-15)13(21-22)11-6-4-3-5-7-11/h3-7,10H,8-9,17H2,1-2H3,(H2,18,19,20). The van der Waals surface area contributed by atoms with Gasteiger partial charge in [0.25, 0.3) is 0 Å². The first kappa shape index (κ1) is 14.5. The third kappa shape index (κ3) is 2.53. The molecule has 3 rings (SSSR count). The number of nitrogens with zero attached hydrogens (tertiary/aromatic N) is 4. The molecule has 1 aromatic carbocycles. The van der Waals surface area contributed by atoms with Crippen molar-refractivity contribution in [3.05, 3.63) is 36.7 Å². The van der Waals surface area contributed by atoms with E-state index in [1.54, 1.807) is 0 Å². The number of hydrogen-bond donors (Lipinski definition) is 2. The van der Waals surface area contributed by atoms with E-state index in [-0.39, 0.29) is 5.41 Å². The summed E-state index contributed by atoms with van der Waals surface area (Å²) in [6.45, 7) is 5.44. The van der Waals surface area contributed by atoms with E-state index in [0.717, 1.165) is 22.3 Å². The highest BCUT2D eigenvalue weighted by Crippen LogP contribution is 2.31. The van der Waals surface area contributed by atoms with Gasteiger partial charge in [-0.25, -0.2) is 14.6 Å². The molecule has 114 valence electrons. The molecule has 3 aromatic rings. The predicted octanol–water partition coefficient (Wildman–Crippen LogP) is 2.06. The van der Waals surface area contributed by atoms with Crippen LogP contribution in [0.2, 0.25) is 0 Å². The normalized spacial score (nSPS) is 12.0. The van der Waals surface area contributed by atoms with Crippen LogP contribution in [0.5, 0.6) is 0 Å². The Labute approximate surface area is 129 Å². The number of rotatable bonds is 4. The zero-order valence-corrected chi connectivity index (χ0v) is 12.8. The minimum absolute atomic E-state index is 0.0768. The summed E-state index contributed by atoms with van der Waals surface area (Å²) in [5.74, 6) is 0.445. The van der Waals surface area contributed by atoms with Crippen LogP contribution < -0.4 is 11.5 Å². The molecule has 0 aliphatic carbocycles. The van der Waals surface area contributed by atoms with Gasteiger partial charge in [0.15, 0.2) is 5.65 Å². The van der Waals surface area contributed by atoms with Crippen molar-refractivity contribution in [2.45, 2.75) is 20.4 Å². The maximum absolute atomic E-state index is 6.07. The highest BCUT2D eigenvalue weighted by Gasteiger charge is 2.22. The van der Waals surface area contributed by atoms with Gasteiger partial charge in [0, 0.05) is 12.1 Å². The molecular weight excluding hydrogens is 276 g/mol. The lowest BCUT2D eigenvalue weighted by atomic mass is 9.94. The molecule has 0 aliphatic heterocycles. The van der Waals surface area contributed by atoms with Crippen molar-refractivity contribution in [2.75, 3.05) is 12.3 Å². The molecule has 0 saturated heterocycles. The second kappa shape index (κ2) is 5.38. The van der Waals surface area contributed by atoms with Gasteiger partial charge in [0.2, 0.25) is 0 Å². The Morgan fingerprint density at radius 1 is 1.14 bits per heavy atom. The maximum Gasteiger partial charge on any atom is 0.163 e. The van der Waals surface area contributed by atoms with E-state index in [1.165, 1.54) is 6.33 Å². The van der Waals surface area contributed by atoms with Gasteiger partial charge in [0.1, 0.15) is 17.8 Å². The van der Waals surface area contributed by atoms with E-state index in [1.807, 2.05) is 35.0 Å². The molecule has 0 bridgehead atoms. The van der Waals surface area contributed by atoms with Gasteiger partial charge in [-0.2, -0.15) is 5.10 Å². The number of fused-ring (bicyclic) bond motifs is 1. The fraction of sp³-hybridized carbons (Fsp3) is 0.312. The van der Waals surface area contributed by atoms with Crippen molar-refractivity contribution in [1.82, 2.24) is 19.7 Å². The Hall–Kier alpha value is -2.47. The van der Waals surface area contributed by atoms with Gasteiger partial charge < -0.3 is 11.5 Å². The minimum atomic E-state index is -0.0768. The SMILES string of the molecule is CC(C)(CN)Cn1nc(-c2ccccc2)c2c(N)ncnc21. The molecule has 22 heavy (non-hydrogen) atoms. The van der Waals surface area contributed by atoms with E-state index in [2.05, 4.69) is 23.8 Å². The third-order valence-corrected chi connectivity index (χ3v) is 3.74. The summed E-state index contributed by atoms with van der Waals surface area (Å²) >= 11 is 0. The molecule has 0 saturated carbocycles. The topological polar surface area (TPSA) is 95.6 Å². The molecule has 0 spiro atoms. The average Bonchev–Trinajstić information content (AvgIpc) is 2.88. The Kier molecular flexibility index (Phi) is 3.54. The summed E-state index contributed by atoms with van der Waals surface area (Å²) in [4.78, 5) is 8.49. The summed E-state index contributed by atoms with van der Waals surface area (Å²) in [5, 5.41) is 5.53. The lowest BCUT2D eigenvalue weighted by Crippen LogP contribution is -2.29. The van der Waals surface area contributed by atoms with Crippen molar-refractivity contribution < 1.29 is 0 Å². The number of aromatic nitrogens is 4. The van der Waals surface area contributed by atoms with Crippen molar-refractivity contribution in [3.63, 3.8) is 0 Å². The van der Waals surface area contributed by atoms with Crippen LogP contribution in [-0.2, 0) is 6.54 Å². The zero-order valence-electron chi connectivity index (χ0n) is 12.8. The highest BCUT2D eigenvalue weighted by atomic mass is 15.3. The largest absolute Gasteiger partial charge is 0.383 e. The quantitative estimate of drug-likeness (QED) is 0.768. The third-order valence-electron chi connectivity index (χ3n) is 3.74. The number of hydrogen-bond acceptors (Lipinski definition) is 5. The fourth-order valence-corrected chi connectivity index (χ4v) is 2.41. The molecule has 4 N–H and O–H groups in total. The molecule has 6 nitrogen and oxygen atoms in total. The van der Waals surface area contributed by atoms with Crippen LogP contribution in [0.15, 0.2) is 36.7 Å². The van der Waals surface area contributed by atoms with Crippen LogP contribution in [0.1, 0.15) is 13.8 Å². The van der Waals surface area contributed by atoms with Crippen LogP contribution in [0.3, 0.4) is 0 Å².